The summed E-state index contributed by atoms with van der Waals surface area (Å²) in [5.74, 6) is -0.681. The number of rotatable bonds is 7. The Morgan fingerprint density at radius 1 is 1.15 bits per heavy atom. The van der Waals surface area contributed by atoms with Gasteiger partial charge in [-0.1, -0.05) is 52.5 Å². The summed E-state index contributed by atoms with van der Waals surface area (Å²) in [6.07, 6.45) is 0. The molecule has 0 aliphatic carbocycles. The van der Waals surface area contributed by atoms with Crippen molar-refractivity contribution in [1.29, 1.82) is 0 Å². The van der Waals surface area contributed by atoms with Crippen LogP contribution in [0.25, 0.3) is 0 Å². The third-order valence-corrected chi connectivity index (χ3v) is 5.92. The Morgan fingerprint density at radius 2 is 1.93 bits per heavy atom. The summed E-state index contributed by atoms with van der Waals surface area (Å²) in [5.41, 5.74) is 1.28. The number of hydrogen-bond donors (Lipinski definition) is 1. The fraction of sp³-hybridized carbons (Fsp3) is 0.118. The maximum atomic E-state index is 12.5. The number of carbonyl (C=O) groups excluding carboxylic acids is 1. The average Bonchev–Trinajstić information content (AvgIpc) is 3.10. The molecule has 0 bridgehead atoms. The van der Waals surface area contributed by atoms with Crippen molar-refractivity contribution in [3.05, 3.63) is 75.8 Å². The van der Waals surface area contributed by atoms with E-state index in [0.29, 0.717) is 10.0 Å². The maximum Gasteiger partial charge on any atom is 0.338 e. The lowest BCUT2D eigenvalue weighted by molar-refractivity contribution is 0.0467. The molecule has 0 spiro atoms. The lowest BCUT2D eigenvalue weighted by atomic mass is 10.2. The van der Waals surface area contributed by atoms with Crippen LogP contribution in [0.2, 0.25) is 4.34 Å². The summed E-state index contributed by atoms with van der Waals surface area (Å²) in [5, 5.41) is 3.74. The molecule has 0 unspecified atom stereocenters. The minimum absolute atomic E-state index is 0.0266. The van der Waals surface area contributed by atoms with Crippen molar-refractivity contribution in [2.75, 3.05) is 0 Å². The highest BCUT2D eigenvalue weighted by atomic mass is 35.5. The number of esters is 1. The van der Waals surface area contributed by atoms with E-state index >= 15 is 0 Å². The van der Waals surface area contributed by atoms with Gasteiger partial charge in [-0.3, -0.25) is 0 Å². The molecule has 2 aromatic carbocycles. The summed E-state index contributed by atoms with van der Waals surface area (Å²) in [4.78, 5) is 12.2. The van der Waals surface area contributed by atoms with Crippen LogP contribution in [0.1, 0.15) is 21.6 Å². The molecule has 0 aliphatic heterocycles. The van der Waals surface area contributed by atoms with Crippen molar-refractivity contribution < 1.29 is 17.9 Å². The molecule has 0 fully saturated rings. The molecule has 7 nitrogen and oxygen atoms in total. The van der Waals surface area contributed by atoms with Gasteiger partial charge in [0.25, 0.3) is 0 Å². The predicted octanol–water partition coefficient (Wildman–Crippen LogP) is 3.03. The first-order valence-corrected chi connectivity index (χ1v) is 10.4. The predicted molar refractivity (Wildman–Crippen MR) is 101 cm³/mol. The normalized spacial score (nSPS) is 11.3. The van der Waals surface area contributed by atoms with Gasteiger partial charge in [0.2, 0.25) is 10.0 Å². The number of ether oxygens (including phenoxy) is 1. The Balaban J connectivity index is 1.68. The zero-order valence-corrected chi connectivity index (χ0v) is 16.2. The van der Waals surface area contributed by atoms with Gasteiger partial charge in [-0.15, -0.1) is 5.10 Å². The molecule has 0 saturated carbocycles. The zero-order chi connectivity index (χ0) is 19.3. The Labute approximate surface area is 165 Å². The smallest absolute Gasteiger partial charge is 0.338 e. The number of benzene rings is 2. The number of sulfonamides is 1. The standard InChI is InChI=1S/C17H14ClN3O4S2/c18-16-15(20-21-26-16)11-25-17(22)13-7-4-8-14(9-13)27(23,24)19-10-12-5-2-1-3-6-12/h1-9,19H,10-11H2. The van der Waals surface area contributed by atoms with Crippen molar-refractivity contribution in [3.8, 4) is 0 Å². The van der Waals surface area contributed by atoms with E-state index < -0.39 is 16.0 Å². The van der Waals surface area contributed by atoms with Crippen LogP contribution in [0.4, 0.5) is 0 Å². The summed E-state index contributed by atoms with van der Waals surface area (Å²) in [6.45, 7) is 0.00454. The molecule has 3 rings (SSSR count). The van der Waals surface area contributed by atoms with Gasteiger partial charge in [0.1, 0.15) is 16.6 Å². The molecule has 1 N–H and O–H groups in total. The Bertz CT molecular complexity index is 1040. The SMILES string of the molecule is O=C(OCc1nnsc1Cl)c1cccc(S(=O)(=O)NCc2ccccc2)c1. The number of nitrogens with zero attached hydrogens (tertiary/aromatic N) is 2. The molecule has 1 aromatic heterocycles. The fourth-order valence-electron chi connectivity index (χ4n) is 2.15. The van der Waals surface area contributed by atoms with Gasteiger partial charge in [0, 0.05) is 18.1 Å². The number of halogens is 1. The van der Waals surface area contributed by atoms with E-state index in [1.165, 1.54) is 24.3 Å². The summed E-state index contributed by atoms with van der Waals surface area (Å²) in [7, 11) is -3.78. The Kier molecular flexibility index (Phi) is 6.17. The molecule has 1 heterocycles. The summed E-state index contributed by atoms with van der Waals surface area (Å²) < 4.78 is 36.5. The number of aromatic nitrogens is 2. The van der Waals surface area contributed by atoms with E-state index in [-0.39, 0.29) is 23.6 Å². The highest BCUT2D eigenvalue weighted by Gasteiger charge is 2.17. The van der Waals surface area contributed by atoms with Crippen molar-refractivity contribution in [2.24, 2.45) is 0 Å². The second-order valence-electron chi connectivity index (χ2n) is 5.41. The molecule has 0 atom stereocenters. The summed E-state index contributed by atoms with van der Waals surface area (Å²) in [6, 6.07) is 14.7. The summed E-state index contributed by atoms with van der Waals surface area (Å²) >= 11 is 6.84. The topological polar surface area (TPSA) is 98.2 Å². The molecular weight excluding hydrogens is 410 g/mol. The van der Waals surface area contributed by atoms with Gasteiger partial charge >= 0.3 is 5.97 Å². The van der Waals surface area contributed by atoms with Crippen LogP contribution >= 0.6 is 23.1 Å². The van der Waals surface area contributed by atoms with Crippen molar-refractivity contribution in [1.82, 2.24) is 14.3 Å². The van der Waals surface area contributed by atoms with Crippen molar-refractivity contribution in [2.45, 2.75) is 18.0 Å². The zero-order valence-electron chi connectivity index (χ0n) is 13.8. The lowest BCUT2D eigenvalue weighted by Crippen LogP contribution is -2.23. The van der Waals surface area contributed by atoms with Crippen LogP contribution in [-0.4, -0.2) is 24.0 Å². The van der Waals surface area contributed by atoms with Gasteiger partial charge in [-0.25, -0.2) is 17.9 Å². The van der Waals surface area contributed by atoms with Crippen molar-refractivity contribution in [3.63, 3.8) is 0 Å². The van der Waals surface area contributed by atoms with E-state index in [9.17, 15) is 13.2 Å². The van der Waals surface area contributed by atoms with Crippen LogP contribution in [0.5, 0.6) is 0 Å². The first-order valence-electron chi connectivity index (χ1n) is 7.73. The number of hydrogen-bond acceptors (Lipinski definition) is 7. The van der Waals surface area contributed by atoms with Crippen molar-refractivity contribution >= 4 is 39.1 Å². The van der Waals surface area contributed by atoms with E-state index in [1.807, 2.05) is 30.3 Å². The molecule has 0 radical (unpaired) electrons. The van der Waals surface area contributed by atoms with Crippen LogP contribution in [0.3, 0.4) is 0 Å². The first kappa shape index (κ1) is 19.4. The highest BCUT2D eigenvalue weighted by Crippen LogP contribution is 2.19. The average molecular weight is 424 g/mol. The minimum atomic E-state index is -3.78. The highest BCUT2D eigenvalue weighted by molar-refractivity contribution is 7.89. The van der Waals surface area contributed by atoms with Crippen LogP contribution in [0, 0.1) is 0 Å². The fourth-order valence-corrected chi connectivity index (χ4v) is 3.81. The van der Waals surface area contributed by atoms with Gasteiger partial charge in [-0.05, 0) is 23.8 Å². The minimum Gasteiger partial charge on any atom is -0.455 e. The molecular formula is C17H14ClN3O4S2. The molecule has 27 heavy (non-hydrogen) atoms. The number of nitrogens with one attached hydrogen (secondary N) is 1. The second-order valence-corrected chi connectivity index (χ2v) is 8.53. The van der Waals surface area contributed by atoms with Gasteiger partial charge in [-0.2, -0.15) is 0 Å². The van der Waals surface area contributed by atoms with Gasteiger partial charge in [0.15, 0.2) is 0 Å². The Hall–Kier alpha value is -2.33. The van der Waals surface area contributed by atoms with E-state index in [0.717, 1.165) is 17.1 Å². The molecule has 10 heteroatoms. The second kappa shape index (κ2) is 8.57. The van der Waals surface area contributed by atoms with Gasteiger partial charge in [0.05, 0.1) is 10.5 Å². The largest absolute Gasteiger partial charge is 0.455 e. The Morgan fingerprint density at radius 3 is 2.63 bits per heavy atom. The van der Waals surface area contributed by atoms with Crippen LogP contribution in [-0.2, 0) is 27.9 Å². The molecule has 3 aromatic rings. The molecule has 0 aliphatic rings. The third-order valence-electron chi connectivity index (χ3n) is 3.54. The molecule has 0 saturated heterocycles. The monoisotopic (exact) mass is 423 g/mol. The van der Waals surface area contributed by atoms with Crippen LogP contribution in [0.15, 0.2) is 59.5 Å². The maximum absolute atomic E-state index is 12.5. The molecule has 140 valence electrons. The quantitative estimate of drug-likeness (QED) is 0.586. The van der Waals surface area contributed by atoms with E-state index in [1.54, 1.807) is 0 Å². The molecule has 0 amide bonds. The first-order chi connectivity index (χ1) is 13.0. The lowest BCUT2D eigenvalue weighted by Gasteiger charge is -2.08. The van der Waals surface area contributed by atoms with Gasteiger partial charge < -0.3 is 4.74 Å². The van der Waals surface area contributed by atoms with E-state index in [2.05, 4.69) is 14.3 Å². The van der Waals surface area contributed by atoms with Crippen LogP contribution < -0.4 is 4.72 Å². The third kappa shape index (κ3) is 5.10. The van der Waals surface area contributed by atoms with E-state index in [4.69, 9.17) is 16.3 Å². The number of carbonyl (C=O) groups is 1.